The van der Waals surface area contributed by atoms with Crippen molar-refractivity contribution >= 4 is 5.97 Å². The molecule has 5 nitrogen and oxygen atoms in total. The number of esters is 1. The first-order valence-electron chi connectivity index (χ1n) is 7.88. The minimum atomic E-state index is -0.112. The van der Waals surface area contributed by atoms with Crippen molar-refractivity contribution in [3.05, 3.63) is 0 Å². The first kappa shape index (κ1) is 15.7. The van der Waals surface area contributed by atoms with E-state index in [-0.39, 0.29) is 12.0 Å². The number of morpholine rings is 1. The van der Waals surface area contributed by atoms with Gasteiger partial charge in [0.05, 0.1) is 19.3 Å². The molecule has 0 saturated carbocycles. The molecule has 2 aliphatic heterocycles. The highest BCUT2D eigenvalue weighted by Crippen LogP contribution is 2.20. The van der Waals surface area contributed by atoms with Gasteiger partial charge in [-0.2, -0.15) is 0 Å². The van der Waals surface area contributed by atoms with Crippen molar-refractivity contribution in [3.63, 3.8) is 0 Å². The van der Waals surface area contributed by atoms with Gasteiger partial charge in [0.2, 0.25) is 0 Å². The number of rotatable bonds is 4. The molecule has 0 amide bonds. The van der Waals surface area contributed by atoms with E-state index in [9.17, 15) is 4.79 Å². The summed E-state index contributed by atoms with van der Waals surface area (Å²) in [4.78, 5) is 16.6. The zero-order valence-electron chi connectivity index (χ0n) is 13.0. The zero-order valence-corrected chi connectivity index (χ0v) is 13.0. The van der Waals surface area contributed by atoms with E-state index < -0.39 is 0 Å². The fourth-order valence-electron chi connectivity index (χ4n) is 3.23. The first-order valence-corrected chi connectivity index (χ1v) is 7.88. The molecule has 116 valence electrons. The van der Waals surface area contributed by atoms with Gasteiger partial charge in [0.25, 0.3) is 0 Å². The first-order chi connectivity index (χ1) is 9.61. The van der Waals surface area contributed by atoms with Crippen LogP contribution in [0.5, 0.6) is 0 Å². The Morgan fingerprint density at radius 2 is 2.05 bits per heavy atom. The molecule has 0 aromatic carbocycles. The normalized spacial score (nSPS) is 28.2. The van der Waals surface area contributed by atoms with Crippen LogP contribution in [0, 0.1) is 0 Å². The van der Waals surface area contributed by atoms with Crippen molar-refractivity contribution in [2.75, 3.05) is 39.4 Å². The monoisotopic (exact) mass is 284 g/mol. The molecule has 2 rings (SSSR count). The Balaban J connectivity index is 1.78. The summed E-state index contributed by atoms with van der Waals surface area (Å²) in [7, 11) is 0. The highest BCUT2D eigenvalue weighted by molar-refractivity contribution is 5.75. The van der Waals surface area contributed by atoms with Gasteiger partial charge in [-0.1, -0.05) is 0 Å². The van der Waals surface area contributed by atoms with E-state index in [0.717, 1.165) is 45.6 Å². The van der Waals surface area contributed by atoms with Gasteiger partial charge in [-0.05, 0) is 33.6 Å². The smallest absolute Gasteiger partial charge is 0.323 e. The molecule has 2 fully saturated rings. The summed E-state index contributed by atoms with van der Waals surface area (Å²) < 4.78 is 10.7. The molecule has 0 radical (unpaired) electrons. The van der Waals surface area contributed by atoms with E-state index in [4.69, 9.17) is 9.47 Å². The quantitative estimate of drug-likeness (QED) is 0.724. The van der Waals surface area contributed by atoms with Gasteiger partial charge in [0.15, 0.2) is 0 Å². The SMILES string of the molecule is CCOC(=O)[C@H](C)N1CCC(N2CCO[C@H](C)C2)CC1. The second-order valence-corrected chi connectivity index (χ2v) is 5.87. The highest BCUT2D eigenvalue weighted by Gasteiger charge is 2.31. The van der Waals surface area contributed by atoms with Crippen molar-refractivity contribution < 1.29 is 14.3 Å². The summed E-state index contributed by atoms with van der Waals surface area (Å²) in [5, 5.41) is 0. The lowest BCUT2D eigenvalue weighted by atomic mass is 10.0. The molecule has 0 spiro atoms. The number of likely N-dealkylation sites (tertiary alicyclic amines) is 1. The number of piperidine rings is 1. The van der Waals surface area contributed by atoms with Crippen molar-refractivity contribution in [1.29, 1.82) is 0 Å². The van der Waals surface area contributed by atoms with Crippen LogP contribution in [-0.4, -0.2) is 73.3 Å². The van der Waals surface area contributed by atoms with Crippen LogP contribution in [0.2, 0.25) is 0 Å². The van der Waals surface area contributed by atoms with Gasteiger partial charge in [0, 0.05) is 32.2 Å². The van der Waals surface area contributed by atoms with Crippen LogP contribution in [0.1, 0.15) is 33.6 Å². The minimum absolute atomic E-state index is 0.0917. The molecule has 5 heteroatoms. The predicted molar refractivity (Wildman–Crippen MR) is 77.7 cm³/mol. The van der Waals surface area contributed by atoms with Crippen molar-refractivity contribution in [2.24, 2.45) is 0 Å². The summed E-state index contributed by atoms with van der Waals surface area (Å²) in [5.41, 5.74) is 0. The fourth-order valence-corrected chi connectivity index (χ4v) is 3.23. The summed E-state index contributed by atoms with van der Waals surface area (Å²) in [5.74, 6) is -0.0917. The van der Waals surface area contributed by atoms with Crippen LogP contribution in [-0.2, 0) is 14.3 Å². The second kappa shape index (κ2) is 7.38. The third-order valence-electron chi connectivity index (χ3n) is 4.46. The van der Waals surface area contributed by atoms with Gasteiger partial charge in [-0.25, -0.2) is 0 Å². The molecule has 2 saturated heterocycles. The van der Waals surface area contributed by atoms with E-state index in [1.807, 2.05) is 13.8 Å². The molecule has 20 heavy (non-hydrogen) atoms. The van der Waals surface area contributed by atoms with Gasteiger partial charge in [-0.3, -0.25) is 14.6 Å². The molecular formula is C15H28N2O3. The van der Waals surface area contributed by atoms with Gasteiger partial charge in [0.1, 0.15) is 6.04 Å². The van der Waals surface area contributed by atoms with Crippen molar-refractivity contribution in [2.45, 2.75) is 51.8 Å². The third kappa shape index (κ3) is 3.93. The highest BCUT2D eigenvalue weighted by atomic mass is 16.5. The van der Waals surface area contributed by atoms with E-state index in [2.05, 4.69) is 16.7 Å². The van der Waals surface area contributed by atoms with Gasteiger partial charge < -0.3 is 9.47 Å². The molecule has 0 aromatic rings. The molecule has 0 aliphatic carbocycles. The van der Waals surface area contributed by atoms with Gasteiger partial charge >= 0.3 is 5.97 Å². The summed E-state index contributed by atoms with van der Waals surface area (Å²) >= 11 is 0. The number of nitrogens with zero attached hydrogens (tertiary/aromatic N) is 2. The number of carbonyl (C=O) groups excluding carboxylic acids is 1. The number of ether oxygens (including phenoxy) is 2. The van der Waals surface area contributed by atoms with Crippen LogP contribution in [0.3, 0.4) is 0 Å². The molecule has 2 heterocycles. The van der Waals surface area contributed by atoms with Crippen molar-refractivity contribution in [1.82, 2.24) is 9.80 Å². The fraction of sp³-hybridized carbons (Fsp3) is 0.933. The molecular weight excluding hydrogens is 256 g/mol. The summed E-state index contributed by atoms with van der Waals surface area (Å²) in [6.07, 6.45) is 2.62. The number of hydrogen-bond acceptors (Lipinski definition) is 5. The Labute approximate surface area is 122 Å². The topological polar surface area (TPSA) is 42.0 Å². The maximum absolute atomic E-state index is 11.8. The van der Waals surface area contributed by atoms with Crippen molar-refractivity contribution in [3.8, 4) is 0 Å². The molecule has 0 bridgehead atoms. The average molecular weight is 284 g/mol. The molecule has 2 atom stereocenters. The summed E-state index contributed by atoms with van der Waals surface area (Å²) in [6, 6.07) is 0.534. The lowest BCUT2D eigenvalue weighted by molar-refractivity contribution is -0.149. The van der Waals surface area contributed by atoms with Crippen LogP contribution in [0.4, 0.5) is 0 Å². The van der Waals surface area contributed by atoms with E-state index >= 15 is 0 Å². The Hall–Kier alpha value is -0.650. The Morgan fingerprint density at radius 1 is 1.35 bits per heavy atom. The van der Waals surface area contributed by atoms with E-state index in [1.54, 1.807) is 0 Å². The average Bonchev–Trinajstić information content (AvgIpc) is 2.47. The minimum Gasteiger partial charge on any atom is -0.465 e. The standard InChI is InChI=1S/C15H28N2O3/c1-4-19-15(18)13(3)16-7-5-14(6-8-16)17-9-10-20-12(2)11-17/h12-14H,4-11H2,1-3H3/t12-,13+/m1/s1. The molecule has 0 unspecified atom stereocenters. The third-order valence-corrected chi connectivity index (χ3v) is 4.46. The number of hydrogen-bond donors (Lipinski definition) is 0. The largest absolute Gasteiger partial charge is 0.465 e. The van der Waals surface area contributed by atoms with E-state index in [1.165, 1.54) is 0 Å². The van der Waals surface area contributed by atoms with E-state index in [0.29, 0.717) is 18.8 Å². The molecule has 0 N–H and O–H groups in total. The Kier molecular flexibility index (Phi) is 5.81. The zero-order chi connectivity index (χ0) is 14.5. The lowest BCUT2D eigenvalue weighted by Crippen LogP contribution is -2.53. The second-order valence-electron chi connectivity index (χ2n) is 5.87. The Morgan fingerprint density at radius 3 is 2.65 bits per heavy atom. The maximum atomic E-state index is 11.8. The van der Waals surface area contributed by atoms with Crippen LogP contribution in [0.15, 0.2) is 0 Å². The maximum Gasteiger partial charge on any atom is 0.323 e. The number of carbonyl (C=O) groups is 1. The van der Waals surface area contributed by atoms with Gasteiger partial charge in [-0.15, -0.1) is 0 Å². The Bertz CT molecular complexity index is 316. The molecule has 0 aromatic heterocycles. The summed E-state index contributed by atoms with van der Waals surface area (Å²) in [6.45, 7) is 11.3. The van der Waals surface area contributed by atoms with Crippen LogP contribution in [0.25, 0.3) is 0 Å². The van der Waals surface area contributed by atoms with Crippen LogP contribution < -0.4 is 0 Å². The predicted octanol–water partition coefficient (Wildman–Crippen LogP) is 1.12. The lowest BCUT2D eigenvalue weighted by Gasteiger charge is -2.42. The van der Waals surface area contributed by atoms with Crippen LogP contribution >= 0.6 is 0 Å². The molecule has 2 aliphatic rings.